The fourth-order valence-electron chi connectivity index (χ4n) is 4.51. The van der Waals surface area contributed by atoms with Crippen molar-refractivity contribution in [3.63, 3.8) is 0 Å². The summed E-state index contributed by atoms with van der Waals surface area (Å²) in [6.07, 6.45) is 3.92. The van der Waals surface area contributed by atoms with Crippen molar-refractivity contribution >= 4 is 11.8 Å². The average Bonchev–Trinajstić information content (AvgIpc) is 2.80. The van der Waals surface area contributed by atoms with Gasteiger partial charge in [-0.05, 0) is 48.3 Å². The zero-order valence-corrected chi connectivity index (χ0v) is 15.2. The number of nitrogens with zero attached hydrogens (tertiary/aromatic N) is 2. The van der Waals surface area contributed by atoms with E-state index in [9.17, 15) is 9.90 Å². The first-order valence-electron chi connectivity index (χ1n) is 9.24. The van der Waals surface area contributed by atoms with Gasteiger partial charge in [-0.2, -0.15) is 0 Å². The summed E-state index contributed by atoms with van der Waals surface area (Å²) in [6.45, 7) is 9.04. The molecule has 24 heavy (non-hydrogen) atoms. The van der Waals surface area contributed by atoms with Gasteiger partial charge in [-0.25, -0.2) is 4.79 Å². The van der Waals surface area contributed by atoms with Crippen LogP contribution in [0.25, 0.3) is 0 Å². The van der Waals surface area contributed by atoms with E-state index in [0.29, 0.717) is 19.0 Å². The van der Waals surface area contributed by atoms with Crippen LogP contribution in [-0.4, -0.2) is 41.8 Å². The summed E-state index contributed by atoms with van der Waals surface area (Å²) < 4.78 is 0. The molecule has 2 bridgehead atoms. The molecule has 3 heterocycles. The summed E-state index contributed by atoms with van der Waals surface area (Å²) in [6, 6.07) is 9.19. The number of rotatable bonds is 4. The maximum Gasteiger partial charge on any atom is 0.407 e. The van der Waals surface area contributed by atoms with E-state index in [-0.39, 0.29) is 11.5 Å². The molecule has 1 amide bonds. The molecule has 1 N–H and O–H groups in total. The number of anilines is 1. The van der Waals surface area contributed by atoms with E-state index in [2.05, 4.69) is 49.9 Å². The normalized spacial score (nSPS) is 25.6. The van der Waals surface area contributed by atoms with Gasteiger partial charge in [-0.1, -0.05) is 39.3 Å². The van der Waals surface area contributed by atoms with Gasteiger partial charge < -0.3 is 14.9 Å². The van der Waals surface area contributed by atoms with Crippen LogP contribution in [0.15, 0.2) is 24.3 Å². The summed E-state index contributed by atoms with van der Waals surface area (Å²) in [5, 5.41) is 9.48. The van der Waals surface area contributed by atoms with Crippen LogP contribution in [0.4, 0.5) is 10.5 Å². The van der Waals surface area contributed by atoms with Crippen LogP contribution in [0.2, 0.25) is 0 Å². The molecule has 0 aliphatic carbocycles. The highest BCUT2D eigenvalue weighted by Crippen LogP contribution is 2.43. The lowest BCUT2D eigenvalue weighted by Crippen LogP contribution is -2.54. The van der Waals surface area contributed by atoms with E-state index < -0.39 is 6.09 Å². The number of amides is 1. The minimum Gasteiger partial charge on any atom is -0.465 e. The second-order valence-corrected chi connectivity index (χ2v) is 8.18. The Morgan fingerprint density at radius 3 is 2.54 bits per heavy atom. The number of unbranched alkanes of at least 4 members (excludes halogenated alkanes) is 1. The van der Waals surface area contributed by atoms with Crippen molar-refractivity contribution in [1.29, 1.82) is 0 Å². The topological polar surface area (TPSA) is 43.8 Å². The Morgan fingerprint density at radius 1 is 1.21 bits per heavy atom. The van der Waals surface area contributed by atoms with Crippen molar-refractivity contribution in [3.05, 3.63) is 29.8 Å². The molecule has 4 nitrogen and oxygen atoms in total. The molecule has 132 valence electrons. The molecule has 3 saturated heterocycles. The monoisotopic (exact) mass is 330 g/mol. The molecule has 3 aliphatic rings. The summed E-state index contributed by atoms with van der Waals surface area (Å²) >= 11 is 0. The predicted octanol–water partition coefficient (Wildman–Crippen LogP) is 4.24. The highest BCUT2D eigenvalue weighted by atomic mass is 16.4. The van der Waals surface area contributed by atoms with Gasteiger partial charge in [-0.3, -0.25) is 0 Å². The first-order valence-corrected chi connectivity index (χ1v) is 9.24. The molecule has 0 radical (unpaired) electrons. The predicted molar refractivity (Wildman–Crippen MR) is 97.7 cm³/mol. The van der Waals surface area contributed by atoms with Crippen LogP contribution >= 0.6 is 0 Å². The summed E-state index contributed by atoms with van der Waals surface area (Å²) in [7, 11) is 0. The average molecular weight is 330 g/mol. The first-order chi connectivity index (χ1) is 11.4. The molecule has 0 saturated carbocycles. The lowest BCUT2D eigenvalue weighted by molar-refractivity contribution is 0.142. The number of carboxylic acid groups (broad SMARTS) is 1. The largest absolute Gasteiger partial charge is 0.465 e. The fourth-order valence-corrected chi connectivity index (χ4v) is 4.51. The lowest BCUT2D eigenvalue weighted by Gasteiger charge is -2.48. The molecular formula is C20H30N2O2. The molecular weight excluding hydrogens is 300 g/mol. The van der Waals surface area contributed by atoms with Gasteiger partial charge in [0, 0.05) is 25.3 Å². The van der Waals surface area contributed by atoms with Crippen molar-refractivity contribution in [2.75, 3.05) is 24.5 Å². The molecule has 4 rings (SSSR count). The molecule has 0 aromatic heterocycles. The van der Waals surface area contributed by atoms with E-state index in [4.69, 9.17) is 0 Å². The Bertz CT molecular complexity index is 582. The van der Waals surface area contributed by atoms with E-state index in [1.165, 1.54) is 24.1 Å². The minimum atomic E-state index is -0.778. The van der Waals surface area contributed by atoms with Crippen LogP contribution in [0.5, 0.6) is 0 Å². The Balaban J connectivity index is 1.84. The standard InChI is InChI=1S/C20H30N2O2/c1-4-5-6-15-7-9-17(10-8-15)22-13-16-11-20(2,3)18(22)14-21(12-16)19(23)24/h7-10,16,18H,4-6,11-14H2,1-3H3,(H,23,24)/t16-,18-/m1/s1. The first kappa shape index (κ1) is 17.1. The van der Waals surface area contributed by atoms with E-state index in [1.54, 1.807) is 4.90 Å². The molecule has 3 fully saturated rings. The van der Waals surface area contributed by atoms with Gasteiger partial charge in [-0.15, -0.1) is 0 Å². The van der Waals surface area contributed by atoms with Gasteiger partial charge in [0.05, 0.1) is 6.04 Å². The quantitative estimate of drug-likeness (QED) is 0.898. The molecule has 1 aromatic rings. The maximum atomic E-state index is 11.5. The van der Waals surface area contributed by atoms with E-state index in [0.717, 1.165) is 19.4 Å². The van der Waals surface area contributed by atoms with E-state index in [1.807, 2.05) is 0 Å². The summed E-state index contributed by atoms with van der Waals surface area (Å²) in [5.41, 5.74) is 2.77. The SMILES string of the molecule is CCCCc1ccc(N2C[C@H]3CN(C(=O)O)C[C@@H]2C(C)(C)C3)cc1. The third-order valence-corrected chi connectivity index (χ3v) is 5.78. The number of aryl methyl sites for hydroxylation is 1. The van der Waals surface area contributed by atoms with Gasteiger partial charge in [0.1, 0.15) is 0 Å². The van der Waals surface area contributed by atoms with Crippen molar-refractivity contribution in [2.45, 2.75) is 52.5 Å². The van der Waals surface area contributed by atoms with Gasteiger partial charge in [0.25, 0.3) is 0 Å². The number of hydrogen-bond acceptors (Lipinski definition) is 2. The van der Waals surface area contributed by atoms with Crippen LogP contribution in [0.1, 0.15) is 45.6 Å². The fraction of sp³-hybridized carbons (Fsp3) is 0.650. The highest BCUT2D eigenvalue weighted by molar-refractivity contribution is 5.65. The van der Waals surface area contributed by atoms with Crippen molar-refractivity contribution in [2.24, 2.45) is 11.3 Å². The van der Waals surface area contributed by atoms with Crippen molar-refractivity contribution in [1.82, 2.24) is 4.90 Å². The summed E-state index contributed by atoms with van der Waals surface area (Å²) in [5.74, 6) is 0.412. The summed E-state index contributed by atoms with van der Waals surface area (Å²) in [4.78, 5) is 15.6. The molecule has 2 atom stereocenters. The van der Waals surface area contributed by atoms with Gasteiger partial charge in [0.15, 0.2) is 0 Å². The number of benzene rings is 1. The molecule has 3 aliphatic heterocycles. The Kier molecular flexibility index (Phi) is 4.75. The van der Waals surface area contributed by atoms with Crippen LogP contribution < -0.4 is 4.90 Å². The van der Waals surface area contributed by atoms with Gasteiger partial charge >= 0.3 is 6.09 Å². The number of piperidine rings is 1. The van der Waals surface area contributed by atoms with Crippen molar-refractivity contribution < 1.29 is 9.90 Å². The molecule has 1 aromatic carbocycles. The van der Waals surface area contributed by atoms with Crippen LogP contribution in [-0.2, 0) is 6.42 Å². The minimum absolute atomic E-state index is 0.133. The molecule has 0 unspecified atom stereocenters. The van der Waals surface area contributed by atoms with E-state index >= 15 is 0 Å². The number of fused-ring (bicyclic) bond motifs is 4. The Labute approximate surface area is 145 Å². The number of hydrogen-bond donors (Lipinski definition) is 1. The molecule has 0 spiro atoms. The third kappa shape index (κ3) is 3.38. The van der Waals surface area contributed by atoms with Crippen LogP contribution in [0.3, 0.4) is 0 Å². The Morgan fingerprint density at radius 2 is 1.92 bits per heavy atom. The Hall–Kier alpha value is -1.71. The van der Waals surface area contributed by atoms with Gasteiger partial charge in [0.2, 0.25) is 0 Å². The number of carbonyl (C=O) groups is 1. The second kappa shape index (κ2) is 6.66. The zero-order chi connectivity index (χ0) is 17.3. The smallest absolute Gasteiger partial charge is 0.407 e. The zero-order valence-electron chi connectivity index (χ0n) is 15.2. The van der Waals surface area contributed by atoms with Crippen LogP contribution in [0, 0.1) is 11.3 Å². The highest BCUT2D eigenvalue weighted by Gasteiger charge is 2.46. The maximum absolute atomic E-state index is 11.5. The lowest BCUT2D eigenvalue weighted by atomic mass is 9.73. The van der Waals surface area contributed by atoms with Crippen molar-refractivity contribution in [3.8, 4) is 0 Å². The second-order valence-electron chi connectivity index (χ2n) is 8.18. The third-order valence-electron chi connectivity index (χ3n) is 5.78. The molecule has 4 heteroatoms.